The van der Waals surface area contributed by atoms with E-state index in [4.69, 9.17) is 244 Å². The number of rotatable bonds is 16. The van der Waals surface area contributed by atoms with Crippen LogP contribution in [0.1, 0.15) is 138 Å². The van der Waals surface area contributed by atoms with E-state index in [1.54, 1.807) is 0 Å². The summed E-state index contributed by atoms with van der Waals surface area (Å²) in [4.78, 5) is 180. The molecule has 0 heterocycles. The molecule has 656 valence electrons. The van der Waals surface area contributed by atoms with Crippen LogP contribution < -0.4 is 87.6 Å². The molecule has 0 aromatic carbocycles. The van der Waals surface area contributed by atoms with Crippen LogP contribution in [0.5, 0.6) is 0 Å². The molecule has 0 saturated carbocycles. The van der Waals surface area contributed by atoms with Gasteiger partial charge in [-0.15, -0.1) is 0 Å². The van der Waals surface area contributed by atoms with Gasteiger partial charge in [0.1, 0.15) is 0 Å². The topological polar surface area (TPSA) is 1010 Å². The maximum atomic E-state index is 9.00. The minimum absolute atomic E-state index is 0. The Hall–Kier alpha value is -8.56. The monoisotopic (exact) mass is 1690 g/mol. The summed E-state index contributed by atoms with van der Waals surface area (Å²) in [6, 6.07) is 0. The molecule has 0 aromatic heterocycles. The van der Waals surface area contributed by atoms with Crippen LogP contribution in [-0.4, -0.2) is 381 Å². The van der Waals surface area contributed by atoms with E-state index in [0.717, 1.165) is 191 Å². The summed E-state index contributed by atoms with van der Waals surface area (Å²) in [5.41, 5.74) is 41.3. The first-order valence-corrected chi connectivity index (χ1v) is 28.6. The standard InChI is InChI=1S/4C4H13N3.20C2H4O2.2Ca/c4*5-1-3-7-4-2-6;20*1-2(3)4;;/h4*7H,1-6H2;20*1H3,(H,3,4);;/q;;;;;;;;;;;;;;;;;;;;;;;;2*+2/p-4. The van der Waals surface area contributed by atoms with Crippen LogP contribution in [0.3, 0.4) is 0 Å². The maximum Gasteiger partial charge on any atom is 2.00 e. The Bertz CT molecular complexity index is 1420. The van der Waals surface area contributed by atoms with Gasteiger partial charge in [0.25, 0.3) is 95.5 Å². The zero-order valence-electron chi connectivity index (χ0n) is 66.3. The predicted octanol–water partition coefficient (Wildman–Crippen LogP) is -10.3. The molecule has 0 unspecified atom stereocenters. The number of aliphatic carboxylic acids is 20. The summed E-state index contributed by atoms with van der Waals surface area (Å²) in [7, 11) is 0. The minimum Gasteiger partial charge on any atom is -0.550 e. The molecule has 0 fully saturated rings. The van der Waals surface area contributed by atoms with Crippen molar-refractivity contribution in [3.05, 3.63) is 0 Å². The van der Waals surface area contributed by atoms with Crippen molar-refractivity contribution in [1.82, 2.24) is 21.3 Å². The molecule has 0 aliphatic carbocycles. The number of carboxylic acids is 20. The summed E-state index contributed by atoms with van der Waals surface area (Å²) in [5, 5.41) is 166. The molecule has 0 aliphatic heterocycles. The number of nitrogens with one attached hydrogen (secondary N) is 4. The summed E-state index contributed by atoms with van der Waals surface area (Å²) in [6.45, 7) is 33.8. The molecule has 0 aliphatic rings. The van der Waals surface area contributed by atoms with E-state index in [0.29, 0.717) is 52.4 Å². The first-order chi connectivity index (χ1) is 48.3. The molecule has 36 N–H and O–H groups in total. The van der Waals surface area contributed by atoms with Crippen LogP contribution in [0, 0.1) is 0 Å². The van der Waals surface area contributed by atoms with E-state index in [-0.39, 0.29) is 75.5 Å². The molecule has 0 rings (SSSR count). The summed E-state index contributed by atoms with van der Waals surface area (Å²) >= 11 is 0. The van der Waals surface area contributed by atoms with Crippen LogP contribution in [0.15, 0.2) is 0 Å². The Morgan fingerprint density at radius 2 is 0.200 bits per heavy atom. The van der Waals surface area contributed by atoms with Gasteiger partial charge in [0.2, 0.25) is 0 Å². The van der Waals surface area contributed by atoms with E-state index in [2.05, 4.69) is 21.3 Å². The zero-order valence-corrected chi connectivity index (χ0v) is 70.7. The smallest absolute Gasteiger partial charge is 0.550 e. The van der Waals surface area contributed by atoms with Gasteiger partial charge >= 0.3 is 75.5 Å². The number of nitrogens with two attached hydrogens (primary N) is 8. The summed E-state index contributed by atoms with van der Waals surface area (Å²) in [6.07, 6.45) is 0. The van der Waals surface area contributed by atoms with Gasteiger partial charge < -0.3 is 188 Å². The second-order valence-corrected chi connectivity index (χ2v) is 15.6. The quantitative estimate of drug-likeness (QED) is 0.0504. The first-order valence-electron chi connectivity index (χ1n) is 28.6. The third kappa shape index (κ3) is 17400. The van der Waals surface area contributed by atoms with Crippen molar-refractivity contribution in [3.8, 4) is 0 Å². The second-order valence-electron chi connectivity index (χ2n) is 15.6. The molecular weight excluding hydrogens is 1560 g/mol. The van der Waals surface area contributed by atoms with Crippen LogP contribution in [0.4, 0.5) is 0 Å². The second kappa shape index (κ2) is 195. The number of carboxylic acid groups (broad SMARTS) is 20. The average molecular weight is 1690 g/mol. The Morgan fingerprint density at radius 1 is 0.173 bits per heavy atom. The maximum absolute atomic E-state index is 9.00. The predicted molar refractivity (Wildman–Crippen MR) is 391 cm³/mol. The van der Waals surface area contributed by atoms with E-state index >= 15 is 0 Å². The van der Waals surface area contributed by atoms with Gasteiger partial charge in [0, 0.05) is 239 Å². The van der Waals surface area contributed by atoms with Crippen molar-refractivity contribution in [1.29, 1.82) is 0 Å². The van der Waals surface area contributed by atoms with Crippen molar-refractivity contribution < 1.29 is 198 Å². The van der Waals surface area contributed by atoms with Gasteiger partial charge in [-0.25, -0.2) is 0 Å². The molecule has 0 spiro atoms. The van der Waals surface area contributed by atoms with Crippen LogP contribution in [0.2, 0.25) is 0 Å². The van der Waals surface area contributed by atoms with Crippen molar-refractivity contribution in [2.24, 2.45) is 45.9 Å². The summed E-state index contributed by atoms with van der Waals surface area (Å²) in [5.74, 6) is -17.7. The molecule has 110 heavy (non-hydrogen) atoms. The SMILES string of the molecule is CC(=O)O.CC(=O)O.CC(=O)O.CC(=O)O.CC(=O)O.CC(=O)O.CC(=O)O.CC(=O)O.CC(=O)O.CC(=O)O.CC(=O)O.CC(=O)O.CC(=O)O.CC(=O)O.CC(=O)O.CC(=O)O.CC(=O)[O-].CC(=O)[O-].CC(=O)[O-].CC(=O)[O-].NCCNCCN.NCCNCCN.NCCNCCN.NCCNCCN.[Ca+2].[Ca+2]. The number of carbonyl (C=O) groups is 20. The molecule has 0 atom stereocenters. The fraction of sp³-hybridized carbons (Fsp3) is 0.643. The van der Waals surface area contributed by atoms with E-state index < -0.39 is 119 Å². The molecule has 52 nitrogen and oxygen atoms in total. The minimum atomic E-state index is -1.08. The molecule has 0 bridgehead atoms. The largest absolute Gasteiger partial charge is 2.00 e. The molecule has 0 radical (unpaired) electrons. The van der Waals surface area contributed by atoms with Crippen molar-refractivity contribution >= 4 is 195 Å². The average Bonchev–Trinajstić information content (AvgIpc) is 3.59. The Labute approximate surface area is 698 Å². The first kappa shape index (κ1) is 180. The van der Waals surface area contributed by atoms with Crippen LogP contribution in [0.25, 0.3) is 0 Å². The third-order valence-electron chi connectivity index (χ3n) is 2.57. The Morgan fingerprint density at radius 3 is 0.218 bits per heavy atom. The van der Waals surface area contributed by atoms with E-state index in [1.807, 2.05) is 0 Å². The number of hydrogen-bond donors (Lipinski definition) is 28. The number of hydrogen-bond acceptors (Lipinski definition) is 36. The van der Waals surface area contributed by atoms with Gasteiger partial charge in [-0.3, -0.25) is 76.7 Å². The third-order valence-corrected chi connectivity index (χ3v) is 2.57. The van der Waals surface area contributed by atoms with Crippen molar-refractivity contribution in [2.45, 2.75) is 138 Å². The fourth-order valence-corrected chi connectivity index (χ4v) is 1.32. The van der Waals surface area contributed by atoms with Gasteiger partial charge in [0.05, 0.1) is 0 Å². The zero-order chi connectivity index (χ0) is 93.7. The van der Waals surface area contributed by atoms with E-state index in [9.17, 15) is 0 Å². The Kier molecular flexibility index (Phi) is 318. The van der Waals surface area contributed by atoms with E-state index in [1.165, 1.54) is 0 Å². The fourth-order valence-electron chi connectivity index (χ4n) is 1.32. The van der Waals surface area contributed by atoms with Gasteiger partial charge in [-0.2, -0.15) is 0 Å². The van der Waals surface area contributed by atoms with Crippen LogP contribution in [-0.2, 0) is 95.9 Å². The van der Waals surface area contributed by atoms with Gasteiger partial charge in [0.15, 0.2) is 0 Å². The molecule has 0 amide bonds. The van der Waals surface area contributed by atoms with Gasteiger partial charge in [-0.1, -0.05) is 0 Å². The molecule has 0 aromatic rings. The molecular formula is C56H128Ca2N12O40. The van der Waals surface area contributed by atoms with Crippen molar-refractivity contribution in [2.75, 3.05) is 105 Å². The molecule has 54 heteroatoms. The van der Waals surface area contributed by atoms with Crippen LogP contribution >= 0.6 is 0 Å². The normalized spacial score (nSPS) is 6.95. The van der Waals surface area contributed by atoms with Crippen molar-refractivity contribution in [3.63, 3.8) is 0 Å². The number of carbonyl (C=O) groups excluding carboxylic acids is 4. The summed E-state index contributed by atoms with van der Waals surface area (Å²) < 4.78 is 0. The van der Waals surface area contributed by atoms with Gasteiger partial charge in [-0.05, 0) is 27.7 Å². The Balaban J connectivity index is -0.0000000280. The molecule has 0 saturated heterocycles.